The molecule has 0 amide bonds. The average Bonchev–Trinajstić information content (AvgIpc) is 1.28. The van der Waals surface area contributed by atoms with E-state index in [1.54, 1.807) is 59.3 Å². The first kappa shape index (κ1) is 35.8. The number of nitrogens with zero attached hydrogens (tertiary/aromatic N) is 4. The molecule has 16 aromatic rings. The summed E-state index contributed by atoms with van der Waals surface area (Å²) in [4.78, 5) is 4.85. The molecule has 0 radical (unpaired) electrons. The Morgan fingerprint density at radius 1 is 0.472 bits per heavy atom. The van der Waals surface area contributed by atoms with Gasteiger partial charge in [-0.3, -0.25) is 4.57 Å². The third-order valence-corrected chi connectivity index (χ3v) is 16.0. The summed E-state index contributed by atoms with van der Waals surface area (Å²) in [7, 11) is 0. The molecule has 89 heavy (non-hydrogen) atoms. The van der Waals surface area contributed by atoms with Crippen LogP contribution in [0.3, 0.4) is 0 Å². The fourth-order valence-electron chi connectivity index (χ4n) is 12.0. The molecule has 7 heteroatoms. The van der Waals surface area contributed by atoms with Crippen LogP contribution in [-0.4, -0.2) is 14.1 Å². The minimum absolute atomic E-state index is 0. The molecular weight excluding hydrogens is 1270 g/mol. The van der Waals surface area contributed by atoms with Gasteiger partial charge in [0.1, 0.15) is 17.0 Å². The number of rotatable bonds is 8. The summed E-state index contributed by atoms with van der Waals surface area (Å²) in [6.45, 7) is 6.36. The number of fused-ring (bicyclic) bond motifs is 13. The number of aromatic nitrogens is 4. The van der Waals surface area contributed by atoms with Crippen molar-refractivity contribution in [1.82, 2.24) is 14.1 Å². The van der Waals surface area contributed by atoms with Crippen LogP contribution in [0.4, 0.5) is 0 Å². The largest absolute Gasteiger partial charge is 0.510 e. The zero-order valence-corrected chi connectivity index (χ0v) is 49.6. The van der Waals surface area contributed by atoms with E-state index in [1.807, 2.05) is 83.4 Å². The van der Waals surface area contributed by atoms with Crippen molar-refractivity contribution in [3.05, 3.63) is 297 Å². The Morgan fingerprint density at radius 2 is 1.09 bits per heavy atom. The van der Waals surface area contributed by atoms with Gasteiger partial charge in [0.25, 0.3) is 6.33 Å². The molecule has 4 aromatic heterocycles. The maximum atomic E-state index is 10.4. The number of hydrogen-bond donors (Lipinski definition) is 0. The van der Waals surface area contributed by atoms with Crippen molar-refractivity contribution in [1.29, 1.82) is 0 Å². The van der Waals surface area contributed by atoms with E-state index in [0.29, 0.717) is 39.0 Å². The van der Waals surface area contributed by atoms with Crippen LogP contribution >= 0.6 is 0 Å². The minimum atomic E-state index is -0.927. The summed E-state index contributed by atoms with van der Waals surface area (Å²) in [5.41, 5.74) is -0.238. The molecule has 0 saturated heterocycles. The van der Waals surface area contributed by atoms with E-state index in [-0.39, 0.29) is 93.8 Å². The van der Waals surface area contributed by atoms with Crippen LogP contribution in [0.5, 0.6) is 11.5 Å². The second-order valence-corrected chi connectivity index (χ2v) is 22.3. The smallest absolute Gasteiger partial charge is 0.268 e. The molecule has 17 rings (SSSR count). The van der Waals surface area contributed by atoms with Crippen molar-refractivity contribution in [2.24, 2.45) is 0 Å². The number of para-hydroxylation sites is 3. The fourth-order valence-corrected chi connectivity index (χ4v) is 12.0. The number of furan rings is 1. The van der Waals surface area contributed by atoms with Gasteiger partial charge in [0.15, 0.2) is 0 Å². The summed E-state index contributed by atoms with van der Waals surface area (Å²) >= 11 is 0. The van der Waals surface area contributed by atoms with Crippen LogP contribution in [-0.2, 0) is 26.5 Å². The average molecular weight is 1340 g/mol. The van der Waals surface area contributed by atoms with Crippen molar-refractivity contribution in [3.63, 3.8) is 0 Å². The van der Waals surface area contributed by atoms with Gasteiger partial charge in [-0.05, 0) is 161 Å². The molecule has 426 valence electrons. The third kappa shape index (κ3) is 9.13. The monoisotopic (exact) mass is 1340 g/mol. The maximum absolute atomic E-state index is 10.4. The maximum Gasteiger partial charge on any atom is 0.268 e. The van der Waals surface area contributed by atoms with Gasteiger partial charge >= 0.3 is 0 Å². The third-order valence-electron chi connectivity index (χ3n) is 16.0. The zero-order chi connectivity index (χ0) is 76.9. The summed E-state index contributed by atoms with van der Waals surface area (Å²) in [5, 5.41) is 3.26. The van der Waals surface area contributed by atoms with Crippen LogP contribution < -0.4 is 9.30 Å². The molecule has 0 unspecified atom stereocenters. The van der Waals surface area contributed by atoms with Gasteiger partial charge < -0.3 is 18.3 Å². The van der Waals surface area contributed by atoms with E-state index >= 15 is 0 Å². The molecule has 12 aromatic carbocycles. The Kier molecular flexibility index (Phi) is 8.60. The van der Waals surface area contributed by atoms with Gasteiger partial charge in [0, 0.05) is 55.1 Å². The van der Waals surface area contributed by atoms with Crippen molar-refractivity contribution < 1.29 is 63.6 Å². The molecule has 0 fully saturated rings. The Bertz CT molecular complexity index is 6650. The fraction of sp³-hybridized carbons (Fsp3) is 0.0488. The van der Waals surface area contributed by atoms with Gasteiger partial charge in [-0.1, -0.05) is 202 Å². The first-order valence-corrected chi connectivity index (χ1v) is 28.2. The number of ether oxygens (including phenoxy) is 1. The molecule has 0 atom stereocenters. The molecule has 0 bridgehead atoms. The Balaban J connectivity index is 0.00000919. The van der Waals surface area contributed by atoms with Gasteiger partial charge in [-0.2, -0.15) is 18.2 Å². The van der Waals surface area contributed by atoms with E-state index in [9.17, 15) is 20.6 Å². The number of pyridine rings is 1. The van der Waals surface area contributed by atoms with Crippen LogP contribution in [0.25, 0.3) is 150 Å². The molecule has 5 heterocycles. The summed E-state index contributed by atoms with van der Waals surface area (Å²) in [6.07, 6.45) is 5.34. The van der Waals surface area contributed by atoms with Crippen LogP contribution in [0.2, 0.25) is 0 Å². The first-order valence-electron chi connectivity index (χ1n) is 38.7. The molecule has 0 saturated carbocycles. The predicted molar refractivity (Wildman–Crippen MR) is 358 cm³/mol. The Morgan fingerprint density at radius 3 is 1.82 bits per heavy atom. The number of benzene rings is 12. The second-order valence-electron chi connectivity index (χ2n) is 22.3. The quantitative estimate of drug-likeness (QED) is 0.113. The van der Waals surface area contributed by atoms with Gasteiger partial charge in [-0.15, -0.1) is 29.7 Å². The van der Waals surface area contributed by atoms with Crippen LogP contribution in [0, 0.1) is 18.5 Å². The minimum Gasteiger partial charge on any atom is -0.510 e. The van der Waals surface area contributed by atoms with Crippen molar-refractivity contribution in [2.45, 2.75) is 26.2 Å². The van der Waals surface area contributed by atoms with E-state index < -0.39 is 160 Å². The van der Waals surface area contributed by atoms with Crippen LogP contribution in [0.15, 0.2) is 277 Å². The second kappa shape index (κ2) is 21.3. The van der Waals surface area contributed by atoms with Crippen molar-refractivity contribution in [3.8, 4) is 107 Å². The molecular formula is C82H54N4O2Pt-2. The Labute approximate surface area is 559 Å². The molecule has 6 nitrogen and oxygen atoms in total. The SMILES string of the molecule is [2H]c1c([2H])c([2H])c(-c2c([2H])c(-c3cc4c5c(c3)n(-c3[c-]c(Oc6[c-]c7c(cc6)c6ccccc6n7-c6cc(C(C)(C)C)ccn6)ccc3)[c-][n+]5-c3c(-c5ccc6oc7ccccc7c6c5)cccc3-c3c([2H])c([2H])c([2H])c([2H])c3-c3c([2H])c([2H])c([2H])c([2H])c3-4)c([2H])c(-c3c([2H])c([2H])c([2H])c([2H])c3[2H])c2[2H])c([2H])c1[2H].[Pt]. The van der Waals surface area contributed by atoms with E-state index in [0.717, 1.165) is 27.2 Å². The zero-order valence-electron chi connectivity index (χ0n) is 68.3. The normalized spacial score (nSPS) is 15.2. The summed E-state index contributed by atoms with van der Waals surface area (Å²) in [6, 6.07) is 31.3. The van der Waals surface area contributed by atoms with Crippen molar-refractivity contribution in [2.75, 3.05) is 0 Å². The molecule has 0 aliphatic carbocycles. The number of imidazole rings is 1. The van der Waals surface area contributed by atoms with Crippen LogP contribution in [0.1, 0.15) is 55.1 Å². The van der Waals surface area contributed by atoms with Crippen molar-refractivity contribution >= 4 is 54.8 Å². The standard InChI is InChI=1S/C82H54N4O2.Pt/c1-82(2,3)59-40-41-83-79(48-59)86-74-34-16-14-30-68(74)69-38-37-62(50-75(69)86)87-61-25-18-24-60(49-61)84-51-85-80-63(54-36-39-78-72(45-54)70-31-15-17-35-77(70)88-78)32-19-33-71(80)66-28-12-10-26-64(66)65-27-11-13-29-67(65)73-46-58(47-76(84)81(73)85)57-43-55(52-20-6-4-7-21-52)42-56(44-57)53-22-8-5-9-23-53;/h4-48H,1-3H3;/q-2;/i4D,5D,6D,7D,8D,9D,10D,11D,12D,13D,20D,21D,22D,23D,26D,27D,28D,29D,42D,43D,44D;. The summed E-state index contributed by atoms with van der Waals surface area (Å²) < 4.78 is 217. The topological polar surface area (TPSA) is 49.0 Å². The number of hydrogen-bond acceptors (Lipinski definition) is 3. The molecule has 1 aliphatic rings. The first-order chi connectivity index (χ1) is 52.0. The van der Waals surface area contributed by atoms with E-state index in [4.69, 9.17) is 22.4 Å². The molecule has 0 N–H and O–H groups in total. The Hall–Kier alpha value is -10.7. The molecule has 0 spiro atoms. The van der Waals surface area contributed by atoms with Gasteiger partial charge in [-0.25, -0.2) is 4.98 Å². The van der Waals surface area contributed by atoms with Gasteiger partial charge in [0.05, 0.1) is 45.5 Å². The summed E-state index contributed by atoms with van der Waals surface area (Å²) in [5.74, 6) is 1.02. The van der Waals surface area contributed by atoms with E-state index in [2.05, 4.69) is 39.2 Å². The predicted octanol–water partition coefficient (Wildman–Crippen LogP) is 20.8. The van der Waals surface area contributed by atoms with Gasteiger partial charge in [0.2, 0.25) is 0 Å². The molecule has 1 aliphatic heterocycles. The van der Waals surface area contributed by atoms with E-state index in [1.165, 1.54) is 16.7 Å².